The van der Waals surface area contributed by atoms with E-state index < -0.39 is 0 Å². The number of hydrogen-bond donors (Lipinski definition) is 0. The Kier molecular flexibility index (Phi) is 4.33. The van der Waals surface area contributed by atoms with Gasteiger partial charge in [0.05, 0.1) is 11.0 Å². The number of fused-ring (bicyclic) bond motifs is 17. The Labute approximate surface area is 308 Å². The molecular formula is C50H25BN2O. The first kappa shape index (κ1) is 26.7. The summed E-state index contributed by atoms with van der Waals surface area (Å²) in [6.45, 7) is -0.0527. The quantitative estimate of drug-likeness (QED) is 0.146. The third kappa shape index (κ3) is 2.78. The predicted molar refractivity (Wildman–Crippen MR) is 226 cm³/mol. The van der Waals surface area contributed by atoms with E-state index in [0.29, 0.717) is 0 Å². The molecular weight excluding hydrogens is 655 g/mol. The van der Waals surface area contributed by atoms with Crippen LogP contribution in [0.2, 0.25) is 0 Å². The van der Waals surface area contributed by atoms with Crippen molar-refractivity contribution in [1.29, 1.82) is 0 Å². The van der Waals surface area contributed by atoms with Gasteiger partial charge in [0.2, 0.25) is 0 Å². The van der Waals surface area contributed by atoms with E-state index in [4.69, 9.17) is 4.42 Å². The summed E-state index contributed by atoms with van der Waals surface area (Å²) < 4.78 is 12.2. The van der Waals surface area contributed by atoms with Crippen molar-refractivity contribution in [3.63, 3.8) is 0 Å². The summed E-state index contributed by atoms with van der Waals surface area (Å²) in [6.07, 6.45) is 0. The minimum atomic E-state index is -0.0527. The Balaban J connectivity index is 1.28. The smallest absolute Gasteiger partial charge is 0.333 e. The molecule has 0 atom stereocenters. The third-order valence-electron chi connectivity index (χ3n) is 13.2. The first-order chi connectivity index (χ1) is 26.8. The van der Waals surface area contributed by atoms with Gasteiger partial charge in [-0.1, -0.05) is 121 Å². The van der Waals surface area contributed by atoms with Gasteiger partial charge in [-0.2, -0.15) is 0 Å². The number of furan rings is 1. The second-order valence-electron chi connectivity index (χ2n) is 15.5. The van der Waals surface area contributed by atoms with E-state index >= 15 is 0 Å². The second kappa shape index (κ2) is 8.77. The average Bonchev–Trinajstić information content (AvgIpc) is 3.86. The van der Waals surface area contributed by atoms with Crippen molar-refractivity contribution in [1.82, 2.24) is 9.05 Å². The minimum Gasteiger partial charge on any atom is -0.456 e. The fourth-order valence-corrected chi connectivity index (χ4v) is 11.3. The highest BCUT2D eigenvalue weighted by atomic mass is 16.3. The molecule has 9 aromatic carbocycles. The van der Waals surface area contributed by atoms with Crippen LogP contribution in [0, 0.1) is 0 Å². The van der Waals surface area contributed by atoms with Crippen LogP contribution in [0.15, 0.2) is 156 Å². The van der Waals surface area contributed by atoms with E-state index in [1.54, 1.807) is 0 Å². The standard InChI is InChI=1S/C50H25BN2O/c1-2-13-28-26(11-1)23-35-46-45-34-17-6-8-22-40(34)54-41(45)25-39-48(46)51(53-37-20-7-5-16-33(37)43(28)49(35)53)36-24-27-12-9-18-31-29-14-3-4-15-30(29)32-19-10-21-38-44(32)47(42(27)31)50(36)52(38)39/h1-25H. The molecule has 0 radical (unpaired) electrons. The molecule has 0 saturated carbocycles. The van der Waals surface area contributed by atoms with Crippen LogP contribution in [0.5, 0.6) is 0 Å². The molecule has 3 aromatic heterocycles. The number of nitrogens with zero attached hydrogens (tertiary/aromatic N) is 2. The van der Waals surface area contributed by atoms with Crippen LogP contribution in [0.1, 0.15) is 0 Å². The van der Waals surface area contributed by atoms with Crippen LogP contribution < -0.4 is 10.9 Å². The third-order valence-corrected chi connectivity index (χ3v) is 13.2. The highest BCUT2D eigenvalue weighted by Gasteiger charge is 2.44. The first-order valence-corrected chi connectivity index (χ1v) is 18.9. The monoisotopic (exact) mass is 680 g/mol. The van der Waals surface area contributed by atoms with Crippen molar-refractivity contribution >= 4 is 105 Å². The molecule has 15 rings (SSSR count). The summed E-state index contributed by atoms with van der Waals surface area (Å²) in [5.74, 6) is 0. The summed E-state index contributed by atoms with van der Waals surface area (Å²) in [5, 5.41) is 12.9. The maximum atomic E-state index is 6.87. The maximum absolute atomic E-state index is 6.87. The summed E-state index contributed by atoms with van der Waals surface area (Å²) in [5.41, 5.74) is 18.7. The van der Waals surface area contributed by atoms with Crippen molar-refractivity contribution in [2.75, 3.05) is 0 Å². The lowest BCUT2D eigenvalue weighted by atomic mass is 9.45. The Morgan fingerprint density at radius 1 is 0.426 bits per heavy atom. The molecule has 0 fully saturated rings. The predicted octanol–water partition coefficient (Wildman–Crippen LogP) is 11.7. The van der Waals surface area contributed by atoms with E-state index in [0.717, 1.165) is 11.2 Å². The molecule has 0 N–H and O–H groups in total. The topological polar surface area (TPSA) is 23.0 Å². The largest absolute Gasteiger partial charge is 0.456 e. The number of benzene rings is 9. The van der Waals surface area contributed by atoms with Gasteiger partial charge in [0.1, 0.15) is 11.2 Å². The summed E-state index contributed by atoms with van der Waals surface area (Å²) in [6, 6.07) is 56.8. The SMILES string of the molecule is c1ccc2c(c1)-c1cccc3cc4c5c(c13)c1c-2cccc1n5-c1cc2oc3ccccc3c2c2c1B4n1c3ccccc3c3c4ccccc4cc-2c31. The van der Waals surface area contributed by atoms with Crippen molar-refractivity contribution < 1.29 is 4.42 Å². The Morgan fingerprint density at radius 3 is 2.00 bits per heavy atom. The number of rotatable bonds is 0. The minimum absolute atomic E-state index is 0.0527. The van der Waals surface area contributed by atoms with Crippen LogP contribution in [0.4, 0.5) is 0 Å². The zero-order valence-corrected chi connectivity index (χ0v) is 28.8. The van der Waals surface area contributed by atoms with Crippen molar-refractivity contribution in [3.05, 3.63) is 152 Å². The number of hydrogen-bond acceptors (Lipinski definition) is 1. The van der Waals surface area contributed by atoms with E-state index in [9.17, 15) is 0 Å². The summed E-state index contributed by atoms with van der Waals surface area (Å²) >= 11 is 0. The molecule has 5 heterocycles. The van der Waals surface area contributed by atoms with Crippen LogP contribution in [-0.4, -0.2) is 15.9 Å². The fourth-order valence-electron chi connectivity index (χ4n) is 11.3. The summed E-state index contributed by atoms with van der Waals surface area (Å²) in [7, 11) is 0. The van der Waals surface area contributed by atoms with Crippen LogP contribution >= 0.6 is 0 Å². The van der Waals surface area contributed by atoms with Crippen molar-refractivity contribution in [2.24, 2.45) is 0 Å². The van der Waals surface area contributed by atoms with E-state index in [1.165, 1.54) is 126 Å². The molecule has 1 aliphatic carbocycles. The van der Waals surface area contributed by atoms with Crippen LogP contribution in [0.3, 0.4) is 0 Å². The molecule has 0 spiro atoms. The molecule has 54 heavy (non-hydrogen) atoms. The zero-order chi connectivity index (χ0) is 34.6. The van der Waals surface area contributed by atoms with Gasteiger partial charge in [0.25, 0.3) is 0 Å². The zero-order valence-electron chi connectivity index (χ0n) is 28.8. The Bertz CT molecular complexity index is 3800. The molecule has 2 aliphatic heterocycles. The van der Waals surface area contributed by atoms with E-state index in [2.05, 4.69) is 161 Å². The fraction of sp³-hybridized carbons (Fsp3) is 0. The average molecular weight is 681 g/mol. The Hall–Kier alpha value is -7.04. The highest BCUT2D eigenvalue weighted by Crippen LogP contribution is 2.53. The lowest BCUT2D eigenvalue weighted by Crippen LogP contribution is -2.55. The molecule has 3 nitrogen and oxygen atoms in total. The maximum Gasteiger partial charge on any atom is 0.333 e. The lowest BCUT2D eigenvalue weighted by Gasteiger charge is -2.34. The molecule has 0 amide bonds. The summed E-state index contributed by atoms with van der Waals surface area (Å²) in [4.78, 5) is 0. The Morgan fingerprint density at radius 2 is 1.11 bits per heavy atom. The van der Waals surface area contributed by atoms with Crippen molar-refractivity contribution in [3.8, 4) is 39.1 Å². The molecule has 12 aromatic rings. The van der Waals surface area contributed by atoms with Gasteiger partial charge in [0.15, 0.2) is 0 Å². The van der Waals surface area contributed by atoms with Crippen LogP contribution in [0.25, 0.3) is 126 Å². The van der Waals surface area contributed by atoms with E-state index in [1.807, 2.05) is 0 Å². The lowest BCUT2D eigenvalue weighted by molar-refractivity contribution is 0.669. The molecule has 3 aliphatic rings. The molecule has 0 bridgehead atoms. The molecule has 4 heteroatoms. The van der Waals surface area contributed by atoms with Gasteiger partial charge in [-0.15, -0.1) is 0 Å². The van der Waals surface area contributed by atoms with Gasteiger partial charge >= 0.3 is 6.85 Å². The molecule has 0 unspecified atom stereocenters. The number of para-hydroxylation sites is 2. The van der Waals surface area contributed by atoms with Crippen molar-refractivity contribution in [2.45, 2.75) is 0 Å². The number of aromatic nitrogens is 2. The second-order valence-corrected chi connectivity index (χ2v) is 15.5. The van der Waals surface area contributed by atoms with Gasteiger partial charge in [-0.3, -0.25) is 0 Å². The van der Waals surface area contributed by atoms with E-state index in [-0.39, 0.29) is 6.85 Å². The van der Waals surface area contributed by atoms with Gasteiger partial charge in [-0.25, -0.2) is 0 Å². The normalized spacial score (nSPS) is 13.5. The van der Waals surface area contributed by atoms with Gasteiger partial charge in [0, 0.05) is 60.7 Å². The van der Waals surface area contributed by atoms with Crippen LogP contribution in [-0.2, 0) is 0 Å². The first-order valence-electron chi connectivity index (χ1n) is 18.9. The van der Waals surface area contributed by atoms with Gasteiger partial charge in [-0.05, 0) is 84.6 Å². The highest BCUT2D eigenvalue weighted by molar-refractivity contribution is 6.91. The molecule has 244 valence electrons. The van der Waals surface area contributed by atoms with Gasteiger partial charge < -0.3 is 13.5 Å². The molecule has 0 saturated heterocycles.